The Bertz CT molecular complexity index is 984. The molecule has 0 aliphatic carbocycles. The van der Waals surface area contributed by atoms with E-state index in [4.69, 9.17) is 0 Å². The number of pyridine rings is 1. The van der Waals surface area contributed by atoms with Crippen molar-refractivity contribution in [3.8, 4) is 5.75 Å². The van der Waals surface area contributed by atoms with Crippen molar-refractivity contribution in [2.24, 2.45) is 0 Å². The minimum absolute atomic E-state index is 0. The molecule has 0 atom stereocenters. The molecule has 7 heteroatoms. The van der Waals surface area contributed by atoms with Crippen molar-refractivity contribution in [3.05, 3.63) is 69.5 Å². The number of aromatic amines is 1. The Morgan fingerprint density at radius 3 is 2.52 bits per heavy atom. The average molecular weight is 484 g/mol. The Hall–Kier alpha value is -0.872. The molecule has 5 nitrogen and oxygen atoms in total. The summed E-state index contributed by atoms with van der Waals surface area (Å²) < 4.78 is 0. The van der Waals surface area contributed by atoms with Crippen LogP contribution in [0.2, 0.25) is 0 Å². The summed E-state index contributed by atoms with van der Waals surface area (Å²) in [6.07, 6.45) is 1.38. The predicted molar refractivity (Wildman–Crippen MR) is 87.8 cm³/mol. The normalized spacial score (nSPS) is 9.84. The molecule has 1 amide bonds. The summed E-state index contributed by atoms with van der Waals surface area (Å²) in [6, 6.07) is 12.6. The van der Waals surface area contributed by atoms with Gasteiger partial charge < -0.3 is 21.5 Å². The van der Waals surface area contributed by atoms with E-state index in [1.54, 1.807) is 38.1 Å². The number of carbonyl (C=O) groups is 1. The third-order valence-electron chi connectivity index (χ3n) is 3.62. The Morgan fingerprint density at radius 1 is 1.12 bits per heavy atom. The summed E-state index contributed by atoms with van der Waals surface area (Å²) in [7, 11) is 0. The van der Waals surface area contributed by atoms with Gasteiger partial charge in [0.2, 0.25) is 11.3 Å². The summed E-state index contributed by atoms with van der Waals surface area (Å²) in [5.41, 5.74) is 1.78. The molecule has 2 aromatic carbocycles. The van der Waals surface area contributed by atoms with Crippen LogP contribution in [0, 0.1) is 26.0 Å². The maximum absolute atomic E-state index is 12.4. The number of para-hydroxylation sites is 1. The molecule has 1 heterocycles. The van der Waals surface area contributed by atoms with E-state index in [2.05, 4.69) is 22.4 Å². The van der Waals surface area contributed by atoms with Gasteiger partial charge in [0.05, 0.1) is 0 Å². The van der Waals surface area contributed by atoms with Crippen molar-refractivity contribution in [2.45, 2.75) is 13.8 Å². The van der Waals surface area contributed by atoms with Crippen LogP contribution in [-0.4, -0.2) is 16.0 Å². The number of aromatic nitrogens is 1. The first-order chi connectivity index (χ1) is 11.0. The van der Waals surface area contributed by atoms with Gasteiger partial charge in [-0.15, -0.1) is 19.6 Å². The van der Waals surface area contributed by atoms with Crippen molar-refractivity contribution >= 4 is 22.5 Å². The van der Waals surface area contributed by atoms with Gasteiger partial charge in [-0.2, -0.15) is 5.69 Å². The van der Waals surface area contributed by atoms with E-state index in [0.29, 0.717) is 27.7 Å². The molecule has 0 aliphatic rings. The minimum Gasteiger partial charge on any atom is -0.591 e. The summed E-state index contributed by atoms with van der Waals surface area (Å²) in [5, 5.41) is 12.7. The molecule has 0 saturated carbocycles. The second-order valence-corrected chi connectivity index (χ2v) is 5.25. The largest absolute Gasteiger partial charge is 0.591 e. The molecule has 25 heavy (non-hydrogen) atoms. The fourth-order valence-electron chi connectivity index (χ4n) is 2.35. The first-order valence-corrected chi connectivity index (χ1v) is 7.04. The van der Waals surface area contributed by atoms with E-state index in [1.165, 1.54) is 6.20 Å². The van der Waals surface area contributed by atoms with Crippen LogP contribution in [0.15, 0.2) is 35.3 Å². The number of hydrogen-bond acceptors (Lipinski definition) is 3. The zero-order chi connectivity index (χ0) is 16.6. The maximum Gasteiger partial charge on any atom is 0.248 e. The minimum atomic E-state index is -0.562. The van der Waals surface area contributed by atoms with Crippen LogP contribution in [0.25, 0.3) is 10.9 Å². The van der Waals surface area contributed by atoms with Gasteiger partial charge in [-0.1, -0.05) is 12.1 Å². The molecule has 0 unspecified atom stereocenters. The Morgan fingerprint density at radius 2 is 1.80 bits per heavy atom. The second-order valence-electron chi connectivity index (χ2n) is 5.25. The topological polar surface area (TPSA) is 82.2 Å². The number of phenolic OH excluding ortho intramolecular Hbond substituents is 1. The number of anilines is 1. The SMILES string of the molecule is Cc1[c-]c(C)c(NC(=O)c2c[nH]c3ccccc3c2=O)[c-]c1O.[Y].[Y]. The first-order valence-electron chi connectivity index (χ1n) is 7.04. The smallest absolute Gasteiger partial charge is 0.248 e. The monoisotopic (exact) mass is 484 g/mol. The zero-order valence-corrected chi connectivity index (χ0v) is 19.5. The van der Waals surface area contributed by atoms with Gasteiger partial charge in [0.15, 0.2) is 0 Å². The Balaban J connectivity index is 0.00000156. The molecule has 3 N–H and O–H groups in total. The van der Waals surface area contributed by atoms with E-state index in [-0.39, 0.29) is 82.2 Å². The number of hydrogen-bond donors (Lipinski definition) is 3. The van der Waals surface area contributed by atoms with Gasteiger partial charge in [0.1, 0.15) is 5.56 Å². The number of fused-ring (bicyclic) bond motifs is 1. The van der Waals surface area contributed by atoms with E-state index in [1.807, 2.05) is 0 Å². The maximum atomic E-state index is 12.4. The van der Waals surface area contributed by atoms with Gasteiger partial charge >= 0.3 is 0 Å². The van der Waals surface area contributed by atoms with Crippen molar-refractivity contribution in [1.29, 1.82) is 0 Å². The predicted octanol–water partition coefficient (Wildman–Crippen LogP) is 2.70. The van der Waals surface area contributed by atoms with E-state index in [9.17, 15) is 14.7 Å². The fourth-order valence-corrected chi connectivity index (χ4v) is 2.35. The molecule has 0 spiro atoms. The quantitative estimate of drug-likeness (QED) is 0.490. The van der Waals surface area contributed by atoms with Gasteiger partial charge in [-0.25, -0.2) is 5.56 Å². The van der Waals surface area contributed by atoms with E-state index in [0.717, 1.165) is 0 Å². The number of aromatic hydroxyl groups is 1. The molecule has 3 rings (SSSR count). The number of H-pyrrole nitrogens is 1. The molecular formula is C18H14N2O3Y2-2. The Labute approximate surface area is 195 Å². The molecule has 122 valence electrons. The molecule has 0 bridgehead atoms. The van der Waals surface area contributed by atoms with Crippen LogP contribution >= 0.6 is 0 Å². The van der Waals surface area contributed by atoms with Crippen molar-refractivity contribution in [1.82, 2.24) is 4.98 Å². The first kappa shape index (κ1) is 22.2. The van der Waals surface area contributed by atoms with E-state index < -0.39 is 5.91 Å². The van der Waals surface area contributed by atoms with Gasteiger partial charge in [-0.05, 0) is 12.1 Å². The number of carbonyl (C=O) groups excluding carboxylic acids is 1. The molecule has 1 aromatic heterocycles. The molecule has 0 aliphatic heterocycles. The van der Waals surface area contributed by atoms with Gasteiger partial charge in [-0.3, -0.25) is 21.2 Å². The van der Waals surface area contributed by atoms with Gasteiger partial charge in [0.25, 0.3) is 0 Å². The van der Waals surface area contributed by atoms with Crippen molar-refractivity contribution in [3.63, 3.8) is 0 Å². The summed E-state index contributed by atoms with van der Waals surface area (Å²) >= 11 is 0. The average Bonchev–Trinajstić information content (AvgIpc) is 2.53. The number of amides is 1. The number of phenols is 1. The number of rotatable bonds is 2. The van der Waals surface area contributed by atoms with Crippen LogP contribution in [-0.2, 0) is 65.4 Å². The van der Waals surface area contributed by atoms with Crippen LogP contribution in [0.1, 0.15) is 21.5 Å². The van der Waals surface area contributed by atoms with Crippen LogP contribution in [0.5, 0.6) is 5.75 Å². The summed E-state index contributed by atoms with van der Waals surface area (Å²) in [4.78, 5) is 27.7. The van der Waals surface area contributed by atoms with Gasteiger partial charge in [0, 0.05) is 82.5 Å². The standard InChI is InChI=1S/C18H14N2O3.2Y/c1-10-7-11(2)16(21)8-15(10)20-18(23)13-9-19-14-6-4-3-5-12(14)17(13)22;;/h3-6,9,21H,1-2H3,(H,19,22)(H,20,23);;/q-2;;. The third kappa shape index (κ3) is 4.65. The number of aryl methyl sites for hydroxylation is 2. The summed E-state index contributed by atoms with van der Waals surface area (Å²) in [5.74, 6) is -0.647. The van der Waals surface area contributed by atoms with Crippen molar-refractivity contribution in [2.75, 3.05) is 5.32 Å². The summed E-state index contributed by atoms with van der Waals surface area (Å²) in [6.45, 7) is 3.43. The second kappa shape index (κ2) is 9.18. The molecular weight excluding hydrogens is 470 g/mol. The van der Waals surface area contributed by atoms with Crippen molar-refractivity contribution < 1.29 is 75.3 Å². The third-order valence-corrected chi connectivity index (χ3v) is 3.62. The number of benzene rings is 2. The van der Waals surface area contributed by atoms with Crippen LogP contribution in [0.3, 0.4) is 0 Å². The van der Waals surface area contributed by atoms with Crippen LogP contribution < -0.4 is 10.7 Å². The zero-order valence-electron chi connectivity index (χ0n) is 13.8. The number of nitrogens with one attached hydrogen (secondary N) is 2. The Kier molecular flexibility index (Phi) is 8.14. The molecule has 0 saturated heterocycles. The fraction of sp³-hybridized carbons (Fsp3) is 0.111. The molecule has 2 radical (unpaired) electrons. The molecule has 0 fully saturated rings. The molecule has 3 aromatic rings. The van der Waals surface area contributed by atoms with E-state index >= 15 is 0 Å². The van der Waals surface area contributed by atoms with Crippen LogP contribution in [0.4, 0.5) is 5.69 Å².